The Bertz CT molecular complexity index is 552. The molecule has 1 aromatic heterocycles. The summed E-state index contributed by atoms with van der Waals surface area (Å²) in [5, 5.41) is 3.35. The number of hydrogen-bond donors (Lipinski definition) is 1. The normalized spacial score (nSPS) is 13.9. The zero-order valence-corrected chi connectivity index (χ0v) is 9.41. The number of nitrogens with zero attached hydrogens (tertiary/aromatic N) is 1. The molecule has 2 heterocycles. The van der Waals surface area contributed by atoms with Crippen molar-refractivity contribution in [1.29, 1.82) is 0 Å². The molecule has 0 amide bonds. The van der Waals surface area contributed by atoms with Crippen molar-refractivity contribution < 1.29 is 4.39 Å². The van der Waals surface area contributed by atoms with E-state index in [0.717, 1.165) is 24.9 Å². The lowest BCUT2D eigenvalue weighted by Gasteiger charge is -2.18. The largest absolute Gasteiger partial charge is 0.385 e. The summed E-state index contributed by atoms with van der Waals surface area (Å²) in [7, 11) is 0. The van der Waals surface area contributed by atoms with Crippen molar-refractivity contribution in [2.24, 2.45) is 0 Å². The first-order valence-corrected chi connectivity index (χ1v) is 5.81. The Labute approximate surface area is 99.5 Å². The maximum atomic E-state index is 13.6. The van der Waals surface area contributed by atoms with Gasteiger partial charge in [0.2, 0.25) is 0 Å². The van der Waals surface area contributed by atoms with Crippen molar-refractivity contribution in [3.63, 3.8) is 0 Å². The number of halogens is 1. The number of anilines is 1. The van der Waals surface area contributed by atoms with Crippen molar-refractivity contribution in [1.82, 2.24) is 4.98 Å². The van der Waals surface area contributed by atoms with E-state index in [1.165, 1.54) is 17.4 Å². The molecule has 86 valence electrons. The molecule has 1 aliphatic heterocycles. The minimum atomic E-state index is -0.267. The van der Waals surface area contributed by atoms with Crippen molar-refractivity contribution in [2.75, 3.05) is 11.9 Å². The molecule has 0 spiro atoms. The second kappa shape index (κ2) is 4.17. The van der Waals surface area contributed by atoms with E-state index in [4.69, 9.17) is 0 Å². The van der Waals surface area contributed by atoms with Crippen LogP contribution in [-0.2, 0) is 6.42 Å². The lowest BCUT2D eigenvalue weighted by molar-refractivity contribution is 0.625. The Morgan fingerprint density at radius 3 is 3.06 bits per heavy atom. The molecule has 0 atom stereocenters. The highest BCUT2D eigenvalue weighted by Gasteiger charge is 2.11. The SMILES string of the molecule is Fc1cnccc1-c1ccc2c(c1)CCCN2. The molecule has 0 saturated carbocycles. The number of hydrogen-bond acceptors (Lipinski definition) is 2. The third-order valence-electron chi connectivity index (χ3n) is 3.13. The van der Waals surface area contributed by atoms with Crippen molar-refractivity contribution in [3.8, 4) is 11.1 Å². The lowest BCUT2D eigenvalue weighted by Crippen LogP contribution is -2.11. The minimum absolute atomic E-state index is 0.267. The highest BCUT2D eigenvalue weighted by atomic mass is 19.1. The standard InChI is InChI=1S/C14H13FN2/c15-13-9-16-7-5-12(13)10-3-4-14-11(8-10)2-1-6-17-14/h3-5,7-9,17H,1-2,6H2. The highest BCUT2D eigenvalue weighted by Crippen LogP contribution is 2.29. The van der Waals surface area contributed by atoms with Crippen LogP contribution in [0, 0.1) is 5.82 Å². The van der Waals surface area contributed by atoms with Gasteiger partial charge in [-0.1, -0.05) is 6.07 Å². The van der Waals surface area contributed by atoms with Gasteiger partial charge in [0.25, 0.3) is 0 Å². The molecule has 3 rings (SSSR count). The Morgan fingerprint density at radius 2 is 2.18 bits per heavy atom. The fraction of sp³-hybridized carbons (Fsp3) is 0.214. The van der Waals surface area contributed by atoms with Gasteiger partial charge in [-0.3, -0.25) is 4.98 Å². The van der Waals surface area contributed by atoms with Gasteiger partial charge >= 0.3 is 0 Å². The van der Waals surface area contributed by atoms with E-state index >= 15 is 0 Å². The zero-order chi connectivity index (χ0) is 11.7. The molecule has 0 fully saturated rings. The summed E-state index contributed by atoms with van der Waals surface area (Å²) >= 11 is 0. The van der Waals surface area contributed by atoms with E-state index < -0.39 is 0 Å². The zero-order valence-electron chi connectivity index (χ0n) is 9.41. The average Bonchev–Trinajstić information content (AvgIpc) is 2.39. The predicted molar refractivity (Wildman–Crippen MR) is 66.4 cm³/mol. The fourth-order valence-electron chi connectivity index (χ4n) is 2.25. The van der Waals surface area contributed by atoms with E-state index in [2.05, 4.69) is 16.4 Å². The maximum absolute atomic E-state index is 13.6. The number of aryl methyl sites for hydroxylation is 1. The summed E-state index contributed by atoms with van der Waals surface area (Å²) in [5.41, 5.74) is 3.99. The number of rotatable bonds is 1. The van der Waals surface area contributed by atoms with Crippen LogP contribution in [0.25, 0.3) is 11.1 Å². The summed E-state index contributed by atoms with van der Waals surface area (Å²) in [6.07, 6.45) is 5.07. The smallest absolute Gasteiger partial charge is 0.149 e. The first-order valence-electron chi connectivity index (χ1n) is 5.81. The summed E-state index contributed by atoms with van der Waals surface area (Å²) in [6, 6.07) is 7.77. The molecule has 17 heavy (non-hydrogen) atoms. The molecule has 1 N–H and O–H groups in total. The average molecular weight is 228 g/mol. The second-order valence-electron chi connectivity index (χ2n) is 4.26. The van der Waals surface area contributed by atoms with Gasteiger partial charge < -0.3 is 5.32 Å². The molecule has 0 unspecified atom stereocenters. The van der Waals surface area contributed by atoms with Crippen LogP contribution in [0.15, 0.2) is 36.7 Å². The number of pyridine rings is 1. The van der Waals surface area contributed by atoms with E-state index in [-0.39, 0.29) is 5.82 Å². The van der Waals surface area contributed by atoms with Crippen molar-refractivity contribution >= 4 is 5.69 Å². The quantitative estimate of drug-likeness (QED) is 0.810. The van der Waals surface area contributed by atoms with Crippen molar-refractivity contribution in [2.45, 2.75) is 12.8 Å². The third-order valence-corrected chi connectivity index (χ3v) is 3.13. The Balaban J connectivity index is 2.07. The molecular weight excluding hydrogens is 215 g/mol. The van der Waals surface area contributed by atoms with E-state index in [1.54, 1.807) is 12.3 Å². The predicted octanol–water partition coefficient (Wildman–Crippen LogP) is 3.25. The molecule has 0 bridgehead atoms. The number of fused-ring (bicyclic) bond motifs is 1. The van der Waals surface area contributed by atoms with Gasteiger partial charge in [0.05, 0.1) is 6.20 Å². The third kappa shape index (κ3) is 1.88. The monoisotopic (exact) mass is 228 g/mol. The van der Waals surface area contributed by atoms with Crippen LogP contribution in [0.5, 0.6) is 0 Å². The first-order chi connectivity index (χ1) is 8.34. The topological polar surface area (TPSA) is 24.9 Å². The van der Waals surface area contributed by atoms with Crippen LogP contribution in [0.1, 0.15) is 12.0 Å². The lowest BCUT2D eigenvalue weighted by atomic mass is 9.97. The van der Waals surface area contributed by atoms with Crippen LogP contribution in [0.4, 0.5) is 10.1 Å². The minimum Gasteiger partial charge on any atom is -0.385 e. The molecule has 2 aromatic rings. The molecule has 0 aliphatic carbocycles. The maximum Gasteiger partial charge on any atom is 0.149 e. The van der Waals surface area contributed by atoms with Gasteiger partial charge in [-0.2, -0.15) is 0 Å². The van der Waals surface area contributed by atoms with Crippen LogP contribution < -0.4 is 5.32 Å². The number of aromatic nitrogens is 1. The molecule has 0 saturated heterocycles. The van der Waals surface area contributed by atoms with E-state index in [0.29, 0.717) is 5.56 Å². The van der Waals surface area contributed by atoms with Crippen LogP contribution in [-0.4, -0.2) is 11.5 Å². The van der Waals surface area contributed by atoms with Gasteiger partial charge in [-0.25, -0.2) is 4.39 Å². The Kier molecular flexibility index (Phi) is 2.52. The molecule has 3 heteroatoms. The van der Waals surface area contributed by atoms with Gasteiger partial charge in [-0.05, 0) is 42.2 Å². The van der Waals surface area contributed by atoms with Gasteiger partial charge in [-0.15, -0.1) is 0 Å². The van der Waals surface area contributed by atoms with Crippen molar-refractivity contribution in [3.05, 3.63) is 48.0 Å². The molecule has 0 radical (unpaired) electrons. The summed E-state index contributed by atoms with van der Waals surface area (Å²) in [4.78, 5) is 3.77. The Hall–Kier alpha value is -1.90. The molecule has 1 aliphatic rings. The summed E-state index contributed by atoms with van der Waals surface area (Å²) in [6.45, 7) is 1.02. The van der Waals surface area contributed by atoms with Crippen LogP contribution >= 0.6 is 0 Å². The van der Waals surface area contributed by atoms with Gasteiger partial charge in [0, 0.05) is 24.0 Å². The van der Waals surface area contributed by atoms with Gasteiger partial charge in [0.1, 0.15) is 5.82 Å². The second-order valence-corrected chi connectivity index (χ2v) is 4.26. The highest BCUT2D eigenvalue weighted by molar-refractivity contribution is 5.69. The van der Waals surface area contributed by atoms with Crippen LogP contribution in [0.3, 0.4) is 0 Å². The van der Waals surface area contributed by atoms with E-state index in [1.807, 2.05) is 12.1 Å². The first kappa shape index (κ1) is 10.3. The molecule has 1 aromatic carbocycles. The van der Waals surface area contributed by atoms with Gasteiger partial charge in [0.15, 0.2) is 0 Å². The molecule has 2 nitrogen and oxygen atoms in total. The Morgan fingerprint density at radius 1 is 1.24 bits per heavy atom. The number of benzene rings is 1. The van der Waals surface area contributed by atoms with Crippen LogP contribution in [0.2, 0.25) is 0 Å². The summed E-state index contributed by atoms with van der Waals surface area (Å²) < 4.78 is 13.6. The number of nitrogens with one attached hydrogen (secondary N) is 1. The molecular formula is C14H13FN2. The summed E-state index contributed by atoms with van der Waals surface area (Å²) in [5.74, 6) is -0.267. The fourth-order valence-corrected chi connectivity index (χ4v) is 2.25. The van der Waals surface area contributed by atoms with E-state index in [9.17, 15) is 4.39 Å².